The van der Waals surface area contributed by atoms with E-state index in [1.54, 1.807) is 45.0 Å². The van der Waals surface area contributed by atoms with Gasteiger partial charge in [-0.2, -0.15) is 0 Å². The van der Waals surface area contributed by atoms with Crippen LogP contribution in [-0.4, -0.2) is 5.91 Å². The molecule has 0 radical (unpaired) electrons. The Balaban J connectivity index is 2.99. The highest BCUT2D eigenvalue weighted by Crippen LogP contribution is 2.17. The summed E-state index contributed by atoms with van der Waals surface area (Å²) in [5, 5.41) is 2.61. The van der Waals surface area contributed by atoms with Gasteiger partial charge in [0.15, 0.2) is 0 Å². The fourth-order valence-electron chi connectivity index (χ4n) is 1.08. The van der Waals surface area contributed by atoms with E-state index in [0.29, 0.717) is 5.56 Å². The molecule has 0 heterocycles. The Morgan fingerprint density at radius 3 is 2.40 bits per heavy atom. The first-order valence-electron chi connectivity index (χ1n) is 6.48. The highest BCUT2D eigenvalue weighted by molar-refractivity contribution is 5.81. The molecule has 1 N–H and O–H groups in total. The first-order chi connectivity index (χ1) is 8.12. The Hall–Kier alpha value is -1.31. The zero-order valence-electron chi connectivity index (χ0n) is 12.4. The number of hydrogen-bond donors (Lipinski definition) is 1. The van der Waals surface area contributed by atoms with Gasteiger partial charge in [0.2, 0.25) is 5.91 Å². The monoisotopic (exact) mass is 208 g/mol. The fourth-order valence-corrected chi connectivity index (χ4v) is 1.08. The quantitative estimate of drug-likeness (QED) is 0.795. The molecule has 15 heavy (non-hydrogen) atoms. The van der Waals surface area contributed by atoms with Gasteiger partial charge >= 0.3 is 0 Å². The molecule has 0 aliphatic carbocycles. The molecule has 1 atom stereocenters. The SMILES string of the molecule is [2H]C([2H])([2H])C(NC(=O)C(C)(C)C)c1ccccc1. The van der Waals surface area contributed by atoms with Gasteiger partial charge in [-0.25, -0.2) is 0 Å². The Morgan fingerprint density at radius 1 is 1.33 bits per heavy atom. The first-order valence-corrected chi connectivity index (χ1v) is 4.98. The van der Waals surface area contributed by atoms with Crippen LogP contribution in [0.15, 0.2) is 30.3 Å². The van der Waals surface area contributed by atoms with Gasteiger partial charge in [0.25, 0.3) is 0 Å². The van der Waals surface area contributed by atoms with Gasteiger partial charge in [-0.1, -0.05) is 51.1 Å². The molecule has 1 amide bonds. The summed E-state index contributed by atoms with van der Waals surface area (Å²) in [5.74, 6) is -0.271. The van der Waals surface area contributed by atoms with Crippen molar-refractivity contribution in [3.05, 3.63) is 35.9 Å². The summed E-state index contributed by atoms with van der Waals surface area (Å²) in [6.45, 7) is 3.00. The van der Waals surface area contributed by atoms with E-state index in [1.807, 2.05) is 6.07 Å². The molecular weight excluding hydrogens is 186 g/mol. The lowest BCUT2D eigenvalue weighted by Crippen LogP contribution is -2.36. The van der Waals surface area contributed by atoms with Gasteiger partial charge in [-0.3, -0.25) is 4.79 Å². The van der Waals surface area contributed by atoms with Crippen LogP contribution in [0, 0.1) is 5.41 Å². The molecule has 0 saturated carbocycles. The summed E-state index contributed by atoms with van der Waals surface area (Å²) in [5.41, 5.74) is -0.0201. The van der Waals surface area contributed by atoms with E-state index in [4.69, 9.17) is 4.11 Å². The minimum Gasteiger partial charge on any atom is -0.349 e. The van der Waals surface area contributed by atoms with Gasteiger partial charge in [0, 0.05) is 9.53 Å². The van der Waals surface area contributed by atoms with Crippen LogP contribution < -0.4 is 5.32 Å². The van der Waals surface area contributed by atoms with Crippen LogP contribution in [-0.2, 0) is 4.79 Å². The number of hydrogen-bond acceptors (Lipinski definition) is 1. The number of nitrogens with one attached hydrogen (secondary N) is 1. The minimum atomic E-state index is -2.26. The van der Waals surface area contributed by atoms with Crippen molar-refractivity contribution in [2.24, 2.45) is 5.41 Å². The second-order valence-electron chi connectivity index (χ2n) is 4.57. The van der Waals surface area contributed by atoms with Crippen molar-refractivity contribution < 1.29 is 8.91 Å². The van der Waals surface area contributed by atoms with E-state index in [-0.39, 0.29) is 5.91 Å². The summed E-state index contributed by atoms with van der Waals surface area (Å²) in [6, 6.07) is 7.78. The third kappa shape index (κ3) is 3.39. The molecule has 0 aromatic heterocycles. The van der Waals surface area contributed by atoms with Crippen molar-refractivity contribution in [2.45, 2.75) is 33.7 Å². The van der Waals surface area contributed by atoms with Crippen LogP contribution in [0.5, 0.6) is 0 Å². The third-order valence-corrected chi connectivity index (χ3v) is 2.09. The minimum absolute atomic E-state index is 0.271. The molecule has 1 unspecified atom stereocenters. The average Bonchev–Trinajstić information content (AvgIpc) is 2.23. The summed E-state index contributed by atoms with van der Waals surface area (Å²) in [4.78, 5) is 11.9. The van der Waals surface area contributed by atoms with Gasteiger partial charge in [0.1, 0.15) is 0 Å². The predicted octanol–water partition coefficient (Wildman–Crippen LogP) is 2.91. The van der Waals surface area contributed by atoms with Crippen LogP contribution in [0.1, 0.15) is 43.3 Å². The Labute approximate surface area is 95.9 Å². The maximum absolute atomic E-state index is 11.9. The number of carbonyl (C=O) groups excluding carboxylic acids is 1. The molecule has 2 nitrogen and oxygen atoms in total. The van der Waals surface area contributed by atoms with Gasteiger partial charge in [-0.15, -0.1) is 0 Å². The fraction of sp³-hybridized carbons (Fsp3) is 0.462. The van der Waals surface area contributed by atoms with Gasteiger partial charge in [-0.05, 0) is 12.4 Å². The van der Waals surface area contributed by atoms with Crippen LogP contribution in [0.4, 0.5) is 0 Å². The molecule has 2 heteroatoms. The van der Waals surface area contributed by atoms with Crippen LogP contribution >= 0.6 is 0 Å². The zero-order chi connectivity index (χ0) is 14.0. The normalized spacial score (nSPS) is 17.1. The molecule has 1 aromatic rings. The topological polar surface area (TPSA) is 29.1 Å². The molecule has 0 aliphatic rings. The van der Waals surface area contributed by atoms with Gasteiger partial charge < -0.3 is 5.32 Å². The first kappa shape index (κ1) is 7.91. The van der Waals surface area contributed by atoms with E-state index < -0.39 is 18.3 Å². The second kappa shape index (κ2) is 4.47. The van der Waals surface area contributed by atoms with E-state index in [2.05, 4.69) is 5.32 Å². The zero-order valence-corrected chi connectivity index (χ0v) is 9.37. The number of amides is 1. The predicted molar refractivity (Wildman–Crippen MR) is 62.5 cm³/mol. The maximum Gasteiger partial charge on any atom is 0.225 e. The van der Waals surface area contributed by atoms with Crippen molar-refractivity contribution in [1.29, 1.82) is 0 Å². The van der Waals surface area contributed by atoms with Crippen molar-refractivity contribution >= 4 is 5.91 Å². The van der Waals surface area contributed by atoms with Crippen LogP contribution in [0.25, 0.3) is 0 Å². The van der Waals surface area contributed by atoms with Crippen molar-refractivity contribution in [3.8, 4) is 0 Å². The van der Waals surface area contributed by atoms with Gasteiger partial charge in [0.05, 0.1) is 6.04 Å². The highest BCUT2D eigenvalue weighted by Gasteiger charge is 2.22. The largest absolute Gasteiger partial charge is 0.349 e. The smallest absolute Gasteiger partial charge is 0.225 e. The average molecular weight is 208 g/mol. The number of benzene rings is 1. The van der Waals surface area contributed by atoms with E-state index in [9.17, 15) is 4.79 Å². The molecular formula is C13H19NO. The maximum atomic E-state index is 11.9. The molecule has 82 valence electrons. The van der Waals surface area contributed by atoms with Crippen LogP contribution in [0.3, 0.4) is 0 Å². The molecule has 0 spiro atoms. The molecule has 1 rings (SSSR count). The number of carbonyl (C=O) groups is 1. The lowest BCUT2D eigenvalue weighted by atomic mass is 9.95. The van der Waals surface area contributed by atoms with E-state index in [1.165, 1.54) is 0 Å². The van der Waals surface area contributed by atoms with Crippen LogP contribution in [0.2, 0.25) is 0 Å². The Morgan fingerprint density at radius 2 is 1.93 bits per heavy atom. The Bertz CT molecular complexity index is 406. The van der Waals surface area contributed by atoms with Crippen molar-refractivity contribution in [1.82, 2.24) is 5.32 Å². The van der Waals surface area contributed by atoms with E-state index in [0.717, 1.165) is 0 Å². The molecule has 1 aromatic carbocycles. The summed E-state index contributed by atoms with van der Waals surface area (Å²) >= 11 is 0. The molecule has 0 aliphatic heterocycles. The molecule has 0 fully saturated rings. The summed E-state index contributed by atoms with van der Waals surface area (Å²) in [7, 11) is 0. The van der Waals surface area contributed by atoms with Crippen molar-refractivity contribution in [2.75, 3.05) is 0 Å². The lowest BCUT2D eigenvalue weighted by molar-refractivity contribution is -0.129. The van der Waals surface area contributed by atoms with E-state index >= 15 is 0 Å². The van der Waals surface area contributed by atoms with Crippen molar-refractivity contribution in [3.63, 3.8) is 0 Å². The summed E-state index contributed by atoms with van der Waals surface area (Å²) in [6.07, 6.45) is 0. The lowest BCUT2D eigenvalue weighted by Gasteiger charge is -2.22. The third-order valence-electron chi connectivity index (χ3n) is 2.09. The number of rotatable bonds is 2. The second-order valence-corrected chi connectivity index (χ2v) is 4.57. The molecule has 0 saturated heterocycles. The highest BCUT2D eigenvalue weighted by atomic mass is 16.2. The molecule has 0 bridgehead atoms. The summed E-state index contributed by atoms with van der Waals surface area (Å²) < 4.78 is 22.6. The standard InChI is InChI=1S/C13H19NO/c1-10(11-8-6-5-7-9-11)14-12(15)13(2,3)4/h5-10H,1-4H3,(H,14,15)/i1D3. The Kier molecular flexibility index (Phi) is 2.36.